The molecule has 0 spiro atoms. The zero-order valence-electron chi connectivity index (χ0n) is 27.6. The highest BCUT2D eigenvalue weighted by Gasteiger charge is 2.26. The third-order valence-electron chi connectivity index (χ3n) is 7.33. The van der Waals surface area contributed by atoms with Crippen molar-refractivity contribution >= 4 is 30.0 Å². The third-order valence-corrected chi connectivity index (χ3v) is 7.33. The Morgan fingerprint density at radius 2 is 0.979 bits per heavy atom. The van der Waals surface area contributed by atoms with Crippen LogP contribution in [0.15, 0.2) is 60.7 Å². The fourth-order valence-corrected chi connectivity index (χ4v) is 4.79. The Bertz CT molecular complexity index is 1300. The predicted octanol–water partition coefficient (Wildman–Crippen LogP) is 3.02. The van der Waals surface area contributed by atoms with E-state index >= 15 is 0 Å². The molecule has 0 bridgehead atoms. The van der Waals surface area contributed by atoms with E-state index in [-0.39, 0.29) is 62.6 Å². The second kappa shape index (κ2) is 18.5. The van der Waals surface area contributed by atoms with E-state index in [0.29, 0.717) is 52.4 Å². The fraction of sp³-hybridized carbons (Fsp3) is 0.500. The minimum Gasteiger partial charge on any atom is -0.460 e. The minimum atomic E-state index is -0.550. The van der Waals surface area contributed by atoms with Crippen LogP contribution in [0.5, 0.6) is 0 Å². The maximum absolute atomic E-state index is 12.2. The van der Waals surface area contributed by atoms with E-state index in [1.165, 1.54) is 0 Å². The summed E-state index contributed by atoms with van der Waals surface area (Å²) >= 11 is 0. The van der Waals surface area contributed by atoms with Gasteiger partial charge < -0.3 is 39.5 Å². The number of esters is 1. The second-order valence-electron chi connectivity index (χ2n) is 12.1. The normalized spacial score (nSPS) is 14.8. The number of carbonyl (C=O) groups is 5. The van der Waals surface area contributed by atoms with E-state index in [1.807, 2.05) is 60.7 Å². The highest BCUT2D eigenvalue weighted by atomic mass is 16.6. The molecule has 2 N–H and O–H groups in total. The van der Waals surface area contributed by atoms with Gasteiger partial charge in [-0.15, -0.1) is 0 Å². The predicted molar refractivity (Wildman–Crippen MR) is 174 cm³/mol. The first-order valence-electron chi connectivity index (χ1n) is 15.8. The second-order valence-corrected chi connectivity index (χ2v) is 12.1. The summed E-state index contributed by atoms with van der Waals surface area (Å²) in [6.45, 7) is 9.60. The van der Waals surface area contributed by atoms with Gasteiger partial charge in [0.2, 0.25) is 11.8 Å². The van der Waals surface area contributed by atoms with Crippen LogP contribution in [0, 0.1) is 0 Å². The van der Waals surface area contributed by atoms with Crippen LogP contribution in [0.2, 0.25) is 0 Å². The van der Waals surface area contributed by atoms with E-state index in [4.69, 9.17) is 19.9 Å². The molecule has 2 saturated heterocycles. The van der Waals surface area contributed by atoms with Gasteiger partial charge in [-0.3, -0.25) is 14.4 Å². The summed E-state index contributed by atoms with van der Waals surface area (Å²) in [6.07, 6.45) is -0.531. The molecule has 0 aromatic heterocycles. The standard InChI is InChI=1S/C20H28N2O5.C14H19N3O3/c1-20(2,3)27-18(24)10-9-17(23)21-11-13-22(14-12-21)19(25)26-15-16-7-5-4-6-8-16;15-10-13(18)16-6-8-17(9-7-16)14(19)20-11-12-4-2-1-3-5-12/h4-8H,9-15H2,1-3H3;1-5H,6-11,15H2. The molecular formula is C34H47N5O8. The molecule has 47 heavy (non-hydrogen) atoms. The van der Waals surface area contributed by atoms with Crippen molar-refractivity contribution in [3.05, 3.63) is 71.8 Å². The molecule has 0 atom stereocenters. The van der Waals surface area contributed by atoms with Gasteiger partial charge in [-0.25, -0.2) is 9.59 Å². The average molecular weight is 654 g/mol. The summed E-state index contributed by atoms with van der Waals surface area (Å²) in [4.78, 5) is 66.0. The Labute approximate surface area is 276 Å². The molecule has 0 aliphatic carbocycles. The van der Waals surface area contributed by atoms with Crippen LogP contribution in [0.3, 0.4) is 0 Å². The van der Waals surface area contributed by atoms with E-state index < -0.39 is 5.60 Å². The van der Waals surface area contributed by atoms with Crippen molar-refractivity contribution in [2.75, 3.05) is 58.9 Å². The first-order chi connectivity index (χ1) is 22.4. The Kier molecular flexibility index (Phi) is 14.5. The molecule has 0 radical (unpaired) electrons. The van der Waals surface area contributed by atoms with Gasteiger partial charge in [-0.1, -0.05) is 60.7 Å². The number of amides is 4. The van der Waals surface area contributed by atoms with Crippen LogP contribution in [0.1, 0.15) is 44.7 Å². The van der Waals surface area contributed by atoms with Gasteiger partial charge in [-0.05, 0) is 31.9 Å². The Morgan fingerprint density at radius 1 is 0.596 bits per heavy atom. The third kappa shape index (κ3) is 13.3. The zero-order chi connectivity index (χ0) is 34.2. The quantitative estimate of drug-likeness (QED) is 0.335. The van der Waals surface area contributed by atoms with E-state index in [0.717, 1.165) is 11.1 Å². The van der Waals surface area contributed by atoms with Gasteiger partial charge in [0.1, 0.15) is 18.8 Å². The topological polar surface area (TPSA) is 152 Å². The van der Waals surface area contributed by atoms with Crippen LogP contribution in [-0.2, 0) is 41.8 Å². The van der Waals surface area contributed by atoms with Crippen molar-refractivity contribution < 1.29 is 38.2 Å². The molecule has 2 aromatic carbocycles. The molecule has 0 unspecified atom stereocenters. The van der Waals surface area contributed by atoms with E-state index in [9.17, 15) is 24.0 Å². The molecule has 13 nitrogen and oxygen atoms in total. The molecule has 256 valence electrons. The largest absolute Gasteiger partial charge is 0.460 e. The fourth-order valence-electron chi connectivity index (χ4n) is 4.79. The van der Waals surface area contributed by atoms with Crippen molar-refractivity contribution in [1.82, 2.24) is 19.6 Å². The lowest BCUT2D eigenvalue weighted by atomic mass is 10.2. The van der Waals surface area contributed by atoms with Gasteiger partial charge in [-0.2, -0.15) is 0 Å². The molecule has 4 rings (SSSR count). The van der Waals surface area contributed by atoms with Gasteiger partial charge in [0.05, 0.1) is 13.0 Å². The maximum Gasteiger partial charge on any atom is 0.410 e. The number of nitrogens with two attached hydrogens (primary N) is 1. The Morgan fingerprint density at radius 3 is 1.36 bits per heavy atom. The number of hydrogen-bond donors (Lipinski definition) is 1. The Hall–Kier alpha value is -4.65. The molecule has 0 saturated carbocycles. The smallest absolute Gasteiger partial charge is 0.410 e. The maximum atomic E-state index is 12.2. The lowest BCUT2D eigenvalue weighted by Gasteiger charge is -2.34. The van der Waals surface area contributed by atoms with E-state index in [1.54, 1.807) is 40.4 Å². The van der Waals surface area contributed by atoms with Crippen LogP contribution in [0.25, 0.3) is 0 Å². The van der Waals surface area contributed by atoms with Gasteiger partial charge in [0.15, 0.2) is 0 Å². The molecular weight excluding hydrogens is 606 g/mol. The lowest BCUT2D eigenvalue weighted by molar-refractivity contribution is -0.156. The number of nitrogens with zero attached hydrogens (tertiary/aromatic N) is 4. The zero-order valence-corrected chi connectivity index (χ0v) is 27.6. The van der Waals surface area contributed by atoms with Crippen LogP contribution in [0.4, 0.5) is 9.59 Å². The summed E-state index contributed by atoms with van der Waals surface area (Å²) in [7, 11) is 0. The monoisotopic (exact) mass is 653 g/mol. The van der Waals surface area contributed by atoms with Gasteiger partial charge >= 0.3 is 18.2 Å². The Balaban J connectivity index is 0.000000267. The summed E-state index contributed by atoms with van der Waals surface area (Å²) in [5.41, 5.74) is 6.65. The molecule has 2 aromatic rings. The van der Waals surface area contributed by atoms with Crippen molar-refractivity contribution in [3.8, 4) is 0 Å². The first-order valence-corrected chi connectivity index (χ1v) is 15.8. The summed E-state index contributed by atoms with van der Waals surface area (Å²) < 4.78 is 15.8. The van der Waals surface area contributed by atoms with Crippen LogP contribution >= 0.6 is 0 Å². The average Bonchev–Trinajstić information content (AvgIpc) is 3.08. The summed E-state index contributed by atoms with van der Waals surface area (Å²) in [5, 5.41) is 0. The number of carbonyl (C=O) groups excluding carboxylic acids is 5. The van der Waals surface area contributed by atoms with Crippen LogP contribution in [-0.4, -0.2) is 114 Å². The molecule has 2 aliphatic rings. The van der Waals surface area contributed by atoms with Crippen molar-refractivity contribution in [2.24, 2.45) is 5.73 Å². The molecule has 4 amide bonds. The van der Waals surface area contributed by atoms with Crippen molar-refractivity contribution in [1.29, 1.82) is 0 Å². The van der Waals surface area contributed by atoms with Crippen molar-refractivity contribution in [2.45, 2.75) is 52.4 Å². The molecule has 2 fully saturated rings. The SMILES string of the molecule is CC(C)(C)OC(=O)CCC(=O)N1CCN(C(=O)OCc2ccccc2)CC1.NCC(=O)N1CCN(C(=O)OCc2ccccc2)CC1. The number of ether oxygens (including phenoxy) is 3. The highest BCUT2D eigenvalue weighted by Crippen LogP contribution is 2.12. The lowest BCUT2D eigenvalue weighted by Crippen LogP contribution is -2.52. The summed E-state index contributed by atoms with van der Waals surface area (Å²) in [6, 6.07) is 19.0. The molecule has 13 heteroatoms. The van der Waals surface area contributed by atoms with Gasteiger partial charge in [0.25, 0.3) is 0 Å². The summed E-state index contributed by atoms with van der Waals surface area (Å²) in [5.74, 6) is -0.556. The molecule has 2 heterocycles. The van der Waals surface area contributed by atoms with E-state index in [2.05, 4.69) is 0 Å². The highest BCUT2D eigenvalue weighted by molar-refractivity contribution is 5.82. The number of hydrogen-bond acceptors (Lipinski definition) is 9. The first kappa shape index (κ1) is 36.8. The van der Waals surface area contributed by atoms with Crippen LogP contribution < -0.4 is 5.73 Å². The number of benzene rings is 2. The van der Waals surface area contributed by atoms with Gasteiger partial charge in [0, 0.05) is 58.8 Å². The number of rotatable bonds is 8. The number of piperazine rings is 2. The minimum absolute atomic E-state index is 0.0124. The molecule has 2 aliphatic heterocycles. The van der Waals surface area contributed by atoms with Crippen molar-refractivity contribution in [3.63, 3.8) is 0 Å².